The van der Waals surface area contributed by atoms with E-state index in [2.05, 4.69) is 37.1 Å². The molecule has 0 aromatic carbocycles. The van der Waals surface area contributed by atoms with Gasteiger partial charge >= 0.3 is 0 Å². The quantitative estimate of drug-likeness (QED) is 0.795. The molecule has 4 heteroatoms. The zero-order valence-electron chi connectivity index (χ0n) is 13.6. The van der Waals surface area contributed by atoms with E-state index in [1.165, 1.54) is 5.56 Å². The molecule has 114 valence electrons. The first-order valence-corrected chi connectivity index (χ1v) is 7.38. The fraction of sp³-hybridized carbons (Fsp3) is 0.688. The standard InChI is InChI=1S/C16H28N2O2/c1-7-19-10-14(6)20-16-15(9-17-11(2)3)12(4)8-13(5)18-16/h8,11,14,17H,7,9-10H2,1-6H3. The van der Waals surface area contributed by atoms with E-state index in [0.29, 0.717) is 19.3 Å². The van der Waals surface area contributed by atoms with Gasteiger partial charge in [-0.3, -0.25) is 0 Å². The third kappa shape index (κ3) is 5.47. The molecule has 0 amide bonds. The van der Waals surface area contributed by atoms with Crippen molar-refractivity contribution in [2.24, 2.45) is 0 Å². The molecular weight excluding hydrogens is 252 g/mol. The Morgan fingerprint density at radius 2 is 1.95 bits per heavy atom. The van der Waals surface area contributed by atoms with Crippen LogP contribution in [0.3, 0.4) is 0 Å². The molecule has 1 N–H and O–H groups in total. The lowest BCUT2D eigenvalue weighted by Gasteiger charge is -2.19. The summed E-state index contributed by atoms with van der Waals surface area (Å²) >= 11 is 0. The van der Waals surface area contributed by atoms with E-state index in [1.807, 2.05) is 20.8 Å². The van der Waals surface area contributed by atoms with E-state index >= 15 is 0 Å². The van der Waals surface area contributed by atoms with E-state index in [9.17, 15) is 0 Å². The zero-order valence-corrected chi connectivity index (χ0v) is 13.6. The Labute approximate surface area is 122 Å². The molecule has 1 rings (SSSR count). The minimum Gasteiger partial charge on any atom is -0.472 e. The Bertz CT molecular complexity index is 419. The highest BCUT2D eigenvalue weighted by Crippen LogP contribution is 2.22. The maximum absolute atomic E-state index is 5.97. The summed E-state index contributed by atoms with van der Waals surface area (Å²) in [6.07, 6.45) is 0.00134. The molecule has 1 heterocycles. The Balaban J connectivity index is 2.85. The van der Waals surface area contributed by atoms with Crippen LogP contribution in [0.5, 0.6) is 5.88 Å². The van der Waals surface area contributed by atoms with Gasteiger partial charge in [0.05, 0.1) is 6.61 Å². The highest BCUT2D eigenvalue weighted by molar-refractivity contribution is 5.36. The monoisotopic (exact) mass is 280 g/mol. The maximum Gasteiger partial charge on any atom is 0.218 e. The predicted octanol–water partition coefficient (Wildman–Crippen LogP) is 3.00. The molecule has 1 unspecified atom stereocenters. The lowest BCUT2D eigenvalue weighted by atomic mass is 10.1. The number of nitrogens with one attached hydrogen (secondary N) is 1. The second kappa shape index (κ2) is 8.22. The van der Waals surface area contributed by atoms with Crippen LogP contribution in [-0.2, 0) is 11.3 Å². The van der Waals surface area contributed by atoms with Crippen LogP contribution in [0.2, 0.25) is 0 Å². The molecular formula is C16H28N2O2. The highest BCUT2D eigenvalue weighted by Gasteiger charge is 2.13. The van der Waals surface area contributed by atoms with Gasteiger partial charge < -0.3 is 14.8 Å². The van der Waals surface area contributed by atoms with Gasteiger partial charge in [-0.1, -0.05) is 13.8 Å². The molecule has 4 nitrogen and oxygen atoms in total. The van der Waals surface area contributed by atoms with Crippen molar-refractivity contribution in [3.63, 3.8) is 0 Å². The molecule has 0 saturated heterocycles. The minimum atomic E-state index is 0.00134. The van der Waals surface area contributed by atoms with Crippen LogP contribution in [0.1, 0.15) is 44.5 Å². The molecule has 0 bridgehead atoms. The molecule has 0 radical (unpaired) electrons. The van der Waals surface area contributed by atoms with Crippen molar-refractivity contribution in [1.82, 2.24) is 10.3 Å². The summed E-state index contributed by atoms with van der Waals surface area (Å²) < 4.78 is 11.4. The molecule has 1 aromatic rings. The Morgan fingerprint density at radius 3 is 2.55 bits per heavy atom. The Hall–Kier alpha value is -1.13. The normalized spacial score (nSPS) is 12.8. The molecule has 0 saturated carbocycles. The smallest absolute Gasteiger partial charge is 0.218 e. The van der Waals surface area contributed by atoms with Gasteiger partial charge in [0, 0.05) is 30.5 Å². The molecule has 0 aliphatic rings. The van der Waals surface area contributed by atoms with Crippen LogP contribution in [0.15, 0.2) is 6.07 Å². The number of nitrogens with zero attached hydrogens (tertiary/aromatic N) is 1. The first-order valence-electron chi connectivity index (χ1n) is 7.38. The van der Waals surface area contributed by atoms with E-state index < -0.39 is 0 Å². The Morgan fingerprint density at radius 1 is 1.25 bits per heavy atom. The SMILES string of the molecule is CCOCC(C)Oc1nc(C)cc(C)c1CNC(C)C. The van der Waals surface area contributed by atoms with Crippen LogP contribution < -0.4 is 10.1 Å². The van der Waals surface area contributed by atoms with E-state index in [0.717, 1.165) is 23.7 Å². The van der Waals surface area contributed by atoms with Gasteiger partial charge in [0.1, 0.15) is 6.10 Å². The summed E-state index contributed by atoms with van der Waals surface area (Å²) in [5.41, 5.74) is 3.33. The lowest BCUT2D eigenvalue weighted by Crippen LogP contribution is -2.25. The fourth-order valence-electron chi connectivity index (χ4n) is 1.96. The minimum absolute atomic E-state index is 0.00134. The van der Waals surface area contributed by atoms with Gasteiger partial charge in [-0.25, -0.2) is 4.98 Å². The summed E-state index contributed by atoms with van der Waals surface area (Å²) in [5.74, 6) is 0.725. The first kappa shape index (κ1) is 16.9. The maximum atomic E-state index is 5.97. The van der Waals surface area contributed by atoms with Crippen molar-refractivity contribution in [3.8, 4) is 5.88 Å². The molecule has 0 aliphatic carbocycles. The fourth-order valence-corrected chi connectivity index (χ4v) is 1.96. The van der Waals surface area contributed by atoms with Crippen molar-refractivity contribution in [1.29, 1.82) is 0 Å². The summed E-state index contributed by atoms with van der Waals surface area (Å²) in [6.45, 7) is 14.4. The van der Waals surface area contributed by atoms with E-state index in [1.54, 1.807) is 0 Å². The summed E-state index contributed by atoms with van der Waals surface area (Å²) in [7, 11) is 0. The van der Waals surface area contributed by atoms with E-state index in [-0.39, 0.29) is 6.10 Å². The van der Waals surface area contributed by atoms with Crippen LogP contribution in [0, 0.1) is 13.8 Å². The first-order chi connectivity index (χ1) is 9.43. The molecule has 0 spiro atoms. The van der Waals surface area contributed by atoms with Gasteiger partial charge in [-0.05, 0) is 39.3 Å². The second-order valence-corrected chi connectivity index (χ2v) is 5.49. The molecule has 20 heavy (non-hydrogen) atoms. The lowest BCUT2D eigenvalue weighted by molar-refractivity contribution is 0.0626. The molecule has 1 aromatic heterocycles. The number of pyridine rings is 1. The van der Waals surface area contributed by atoms with Crippen LogP contribution in [-0.4, -0.2) is 30.3 Å². The summed E-state index contributed by atoms with van der Waals surface area (Å²) in [6, 6.07) is 2.53. The van der Waals surface area contributed by atoms with Crippen molar-refractivity contribution >= 4 is 0 Å². The van der Waals surface area contributed by atoms with Gasteiger partial charge in [-0.2, -0.15) is 0 Å². The van der Waals surface area contributed by atoms with Crippen LogP contribution in [0.25, 0.3) is 0 Å². The topological polar surface area (TPSA) is 43.4 Å². The zero-order chi connectivity index (χ0) is 15.1. The highest BCUT2D eigenvalue weighted by atomic mass is 16.5. The van der Waals surface area contributed by atoms with Gasteiger partial charge in [0.15, 0.2) is 0 Å². The van der Waals surface area contributed by atoms with Crippen molar-refractivity contribution in [2.75, 3.05) is 13.2 Å². The van der Waals surface area contributed by atoms with E-state index in [4.69, 9.17) is 9.47 Å². The van der Waals surface area contributed by atoms with Crippen molar-refractivity contribution < 1.29 is 9.47 Å². The predicted molar refractivity (Wildman–Crippen MR) is 82.3 cm³/mol. The number of hydrogen-bond donors (Lipinski definition) is 1. The number of ether oxygens (including phenoxy) is 2. The summed E-state index contributed by atoms with van der Waals surface area (Å²) in [4.78, 5) is 4.54. The number of aryl methyl sites for hydroxylation is 2. The average molecular weight is 280 g/mol. The largest absolute Gasteiger partial charge is 0.472 e. The van der Waals surface area contributed by atoms with Gasteiger partial charge in [0.2, 0.25) is 5.88 Å². The number of rotatable bonds is 8. The number of aromatic nitrogens is 1. The third-order valence-corrected chi connectivity index (χ3v) is 2.99. The summed E-state index contributed by atoms with van der Waals surface area (Å²) in [5, 5.41) is 3.43. The van der Waals surface area contributed by atoms with Crippen molar-refractivity contribution in [2.45, 2.75) is 60.2 Å². The third-order valence-electron chi connectivity index (χ3n) is 2.99. The van der Waals surface area contributed by atoms with Gasteiger partial charge in [-0.15, -0.1) is 0 Å². The Kier molecular flexibility index (Phi) is 6.96. The molecule has 0 fully saturated rings. The van der Waals surface area contributed by atoms with Crippen LogP contribution >= 0.6 is 0 Å². The molecule has 1 atom stereocenters. The number of hydrogen-bond acceptors (Lipinski definition) is 4. The molecule has 0 aliphatic heterocycles. The van der Waals surface area contributed by atoms with Crippen molar-refractivity contribution in [3.05, 3.63) is 22.9 Å². The average Bonchev–Trinajstić information content (AvgIpc) is 2.34. The van der Waals surface area contributed by atoms with Crippen LogP contribution in [0.4, 0.5) is 0 Å². The van der Waals surface area contributed by atoms with Gasteiger partial charge in [0.25, 0.3) is 0 Å². The second-order valence-electron chi connectivity index (χ2n) is 5.49.